The highest BCUT2D eigenvalue weighted by Crippen LogP contribution is 2.27. The molecule has 4 heterocycles. The predicted octanol–water partition coefficient (Wildman–Crippen LogP) is 1.61. The van der Waals surface area contributed by atoms with Gasteiger partial charge in [-0.2, -0.15) is 8.75 Å². The molecule has 9 nitrogen and oxygen atoms in total. The van der Waals surface area contributed by atoms with E-state index in [2.05, 4.69) is 14.8 Å². The van der Waals surface area contributed by atoms with Gasteiger partial charge < -0.3 is 19.1 Å². The number of hydrogen-bond donors (Lipinski definition) is 0. The monoisotopic (exact) mass is 465 g/mol. The Morgan fingerprint density at radius 1 is 1.00 bits per heavy atom. The molecule has 170 valence electrons. The SMILES string of the molecule is COc1cc(=O)n2c(c1C(=O)N1CCc3ccccc3C1)CCN(C(=O)c1cnsn1)CC2. The maximum atomic E-state index is 13.7. The largest absolute Gasteiger partial charge is 0.496 e. The zero-order valence-corrected chi connectivity index (χ0v) is 19.0. The summed E-state index contributed by atoms with van der Waals surface area (Å²) in [5, 5.41) is 0. The Labute approximate surface area is 194 Å². The fourth-order valence-electron chi connectivity index (χ4n) is 4.59. The lowest BCUT2D eigenvalue weighted by Crippen LogP contribution is -2.38. The van der Waals surface area contributed by atoms with Crippen LogP contribution in [0.25, 0.3) is 0 Å². The normalized spacial score (nSPS) is 15.4. The van der Waals surface area contributed by atoms with Gasteiger partial charge in [-0.1, -0.05) is 24.3 Å². The Bertz CT molecular complexity index is 1270. The Balaban J connectivity index is 1.48. The summed E-state index contributed by atoms with van der Waals surface area (Å²) >= 11 is 0.980. The second-order valence-corrected chi connectivity index (χ2v) is 8.66. The van der Waals surface area contributed by atoms with E-state index in [9.17, 15) is 14.4 Å². The summed E-state index contributed by atoms with van der Waals surface area (Å²) in [7, 11) is 1.47. The van der Waals surface area contributed by atoms with Crippen molar-refractivity contribution in [3.63, 3.8) is 0 Å². The number of benzene rings is 1. The second kappa shape index (κ2) is 8.78. The number of amides is 2. The molecule has 0 fully saturated rings. The van der Waals surface area contributed by atoms with Gasteiger partial charge in [-0.3, -0.25) is 14.4 Å². The maximum absolute atomic E-state index is 13.7. The summed E-state index contributed by atoms with van der Waals surface area (Å²) in [4.78, 5) is 42.8. The van der Waals surface area contributed by atoms with Crippen LogP contribution in [0, 0.1) is 0 Å². The number of ether oxygens (including phenoxy) is 1. The number of carbonyl (C=O) groups is 2. The summed E-state index contributed by atoms with van der Waals surface area (Å²) in [6, 6.07) is 9.49. The fourth-order valence-corrected chi connectivity index (χ4v) is 5.00. The van der Waals surface area contributed by atoms with E-state index in [0.717, 1.165) is 23.7 Å². The van der Waals surface area contributed by atoms with Gasteiger partial charge in [-0.05, 0) is 17.5 Å². The van der Waals surface area contributed by atoms with Crippen molar-refractivity contribution in [1.82, 2.24) is 23.1 Å². The molecular formula is C23H23N5O4S. The minimum atomic E-state index is -0.244. The Morgan fingerprint density at radius 3 is 2.55 bits per heavy atom. The smallest absolute Gasteiger partial charge is 0.275 e. The first-order valence-corrected chi connectivity index (χ1v) is 11.5. The summed E-state index contributed by atoms with van der Waals surface area (Å²) in [6.45, 7) is 2.12. The van der Waals surface area contributed by atoms with Gasteiger partial charge >= 0.3 is 0 Å². The summed E-state index contributed by atoms with van der Waals surface area (Å²) in [5.74, 6) is -0.107. The lowest BCUT2D eigenvalue weighted by Gasteiger charge is -2.30. The molecule has 33 heavy (non-hydrogen) atoms. The maximum Gasteiger partial charge on any atom is 0.275 e. The highest BCUT2D eigenvalue weighted by atomic mass is 32.1. The number of aromatic nitrogens is 3. The van der Waals surface area contributed by atoms with E-state index in [1.165, 1.54) is 24.9 Å². The van der Waals surface area contributed by atoms with Gasteiger partial charge in [0, 0.05) is 50.9 Å². The van der Waals surface area contributed by atoms with Crippen molar-refractivity contribution in [2.75, 3.05) is 26.7 Å². The topological polar surface area (TPSA) is 97.6 Å². The van der Waals surface area contributed by atoms with Crippen molar-refractivity contribution in [3.8, 4) is 5.75 Å². The van der Waals surface area contributed by atoms with Gasteiger partial charge in [-0.25, -0.2) is 0 Å². The molecule has 2 aliphatic heterocycles. The summed E-state index contributed by atoms with van der Waals surface area (Å²) in [5.41, 5.74) is 3.44. The molecular weight excluding hydrogens is 442 g/mol. The van der Waals surface area contributed by atoms with Crippen LogP contribution >= 0.6 is 11.7 Å². The van der Waals surface area contributed by atoms with Gasteiger partial charge in [-0.15, -0.1) is 0 Å². The number of fused-ring (bicyclic) bond motifs is 2. The van der Waals surface area contributed by atoms with Crippen LogP contribution in [0.15, 0.2) is 41.3 Å². The number of methoxy groups -OCH3 is 1. The van der Waals surface area contributed by atoms with E-state index in [4.69, 9.17) is 4.74 Å². The molecule has 2 aromatic heterocycles. The fraction of sp³-hybridized carbons (Fsp3) is 0.348. The Morgan fingerprint density at radius 2 is 1.79 bits per heavy atom. The van der Waals surface area contributed by atoms with Crippen LogP contribution in [0.5, 0.6) is 5.75 Å². The Hall–Kier alpha value is -3.53. The summed E-state index contributed by atoms with van der Waals surface area (Å²) in [6.07, 6.45) is 2.59. The van der Waals surface area contributed by atoms with Crippen LogP contribution in [0.3, 0.4) is 0 Å². The van der Waals surface area contributed by atoms with E-state index in [-0.39, 0.29) is 23.1 Å². The Kier molecular flexibility index (Phi) is 5.67. The molecule has 0 atom stereocenters. The minimum Gasteiger partial charge on any atom is -0.496 e. The van der Waals surface area contributed by atoms with Crippen molar-refractivity contribution in [1.29, 1.82) is 0 Å². The molecule has 0 radical (unpaired) electrons. The molecule has 0 N–H and O–H groups in total. The molecule has 0 unspecified atom stereocenters. The van der Waals surface area contributed by atoms with Crippen molar-refractivity contribution < 1.29 is 14.3 Å². The highest BCUT2D eigenvalue weighted by molar-refractivity contribution is 6.99. The van der Waals surface area contributed by atoms with Gasteiger partial charge in [0.05, 0.1) is 25.0 Å². The quantitative estimate of drug-likeness (QED) is 0.583. The molecule has 3 aromatic rings. The van der Waals surface area contributed by atoms with Crippen molar-refractivity contribution in [3.05, 3.63) is 75.0 Å². The number of nitrogens with zero attached hydrogens (tertiary/aromatic N) is 5. The summed E-state index contributed by atoms with van der Waals surface area (Å²) < 4.78 is 15.0. The average molecular weight is 466 g/mol. The highest BCUT2D eigenvalue weighted by Gasteiger charge is 2.31. The van der Waals surface area contributed by atoms with Crippen LogP contribution in [0.2, 0.25) is 0 Å². The standard InChI is InChI=1S/C23H23N5O4S/c1-32-19-12-20(29)28-11-10-26(22(30)17-13-24-33-25-17)9-7-18(28)21(19)23(31)27-8-6-15-4-2-3-5-16(15)14-27/h2-5,12-13H,6-11,14H2,1H3. The first kappa shape index (κ1) is 21.3. The van der Waals surface area contributed by atoms with Gasteiger partial charge in [0.15, 0.2) is 5.69 Å². The molecule has 2 aliphatic rings. The van der Waals surface area contributed by atoms with E-state index < -0.39 is 0 Å². The molecule has 0 saturated heterocycles. The first-order valence-electron chi connectivity index (χ1n) is 10.8. The minimum absolute atomic E-state index is 0.159. The van der Waals surface area contributed by atoms with Crippen LogP contribution in [-0.2, 0) is 25.9 Å². The van der Waals surface area contributed by atoms with E-state index in [1.807, 2.05) is 18.2 Å². The number of pyridine rings is 1. The van der Waals surface area contributed by atoms with Crippen LogP contribution < -0.4 is 10.3 Å². The lowest BCUT2D eigenvalue weighted by atomic mass is 9.98. The van der Waals surface area contributed by atoms with Crippen LogP contribution in [0.4, 0.5) is 0 Å². The number of hydrogen-bond acceptors (Lipinski definition) is 7. The van der Waals surface area contributed by atoms with E-state index in [0.29, 0.717) is 56.1 Å². The molecule has 1 aromatic carbocycles. The molecule has 0 saturated carbocycles. The predicted molar refractivity (Wildman–Crippen MR) is 122 cm³/mol. The van der Waals surface area contributed by atoms with Gasteiger partial charge in [0.1, 0.15) is 11.3 Å². The first-order chi connectivity index (χ1) is 16.1. The van der Waals surface area contributed by atoms with Crippen LogP contribution in [-0.4, -0.2) is 61.7 Å². The van der Waals surface area contributed by atoms with Gasteiger partial charge in [0.25, 0.3) is 17.4 Å². The van der Waals surface area contributed by atoms with E-state index >= 15 is 0 Å². The number of rotatable bonds is 3. The molecule has 0 bridgehead atoms. The zero-order valence-electron chi connectivity index (χ0n) is 18.2. The number of carbonyl (C=O) groups excluding carboxylic acids is 2. The van der Waals surface area contributed by atoms with Crippen molar-refractivity contribution >= 4 is 23.5 Å². The molecule has 5 rings (SSSR count). The van der Waals surface area contributed by atoms with Crippen LogP contribution in [0.1, 0.15) is 37.7 Å². The van der Waals surface area contributed by atoms with Crippen molar-refractivity contribution in [2.45, 2.75) is 25.9 Å². The molecule has 0 aliphatic carbocycles. The third-order valence-electron chi connectivity index (χ3n) is 6.31. The average Bonchev–Trinajstić information content (AvgIpc) is 3.29. The zero-order chi connectivity index (χ0) is 22.9. The molecule has 0 spiro atoms. The van der Waals surface area contributed by atoms with E-state index in [1.54, 1.807) is 14.4 Å². The lowest BCUT2D eigenvalue weighted by molar-refractivity contribution is 0.0728. The van der Waals surface area contributed by atoms with Gasteiger partial charge in [0.2, 0.25) is 0 Å². The second-order valence-electron chi connectivity index (χ2n) is 8.10. The third kappa shape index (κ3) is 3.91. The third-order valence-corrected chi connectivity index (χ3v) is 6.79. The molecule has 10 heteroatoms. The van der Waals surface area contributed by atoms with Crippen molar-refractivity contribution in [2.24, 2.45) is 0 Å². The molecule has 2 amide bonds.